The number of aliphatic carboxylic acids is 2. The normalized spacial score (nSPS) is 12.6. The number of hydrogen-bond acceptors (Lipinski definition) is 3. The van der Waals surface area contributed by atoms with E-state index in [1.165, 1.54) is 83.5 Å². The summed E-state index contributed by atoms with van der Waals surface area (Å²) in [6.45, 7) is 1.22. The Labute approximate surface area is 174 Å². The zero-order valence-electron chi connectivity index (χ0n) is 18.9. The second kappa shape index (κ2) is 20.6. The van der Waals surface area contributed by atoms with Crippen LogP contribution in [-0.4, -0.2) is 34.7 Å². The van der Waals surface area contributed by atoms with Gasteiger partial charge in [-0.3, -0.25) is 9.59 Å². The quantitative estimate of drug-likeness (QED) is 0.190. The standard InChI is InChI=1S/C23H45NO4/c1-2-3-4-5-6-7-8-9-10-11-12-13-14-15-16-17-20-24-21(23(27)28)18-19-22(25)26/h21,24H,2-20H2,1H3,(H,25,26)(H,27,28)/t21-/m0/s1/i1D. The van der Waals surface area contributed by atoms with Crippen LogP contribution in [0.25, 0.3) is 0 Å². The zero-order chi connectivity index (χ0) is 21.6. The van der Waals surface area contributed by atoms with Crippen LogP contribution in [0.5, 0.6) is 0 Å². The molecule has 0 bridgehead atoms. The van der Waals surface area contributed by atoms with Crippen LogP contribution >= 0.6 is 0 Å². The van der Waals surface area contributed by atoms with Gasteiger partial charge in [-0.2, -0.15) is 0 Å². The van der Waals surface area contributed by atoms with Gasteiger partial charge in [0.15, 0.2) is 0 Å². The van der Waals surface area contributed by atoms with Crippen LogP contribution in [0.15, 0.2) is 0 Å². The first-order valence-corrected chi connectivity index (χ1v) is 11.5. The average Bonchev–Trinajstić information content (AvgIpc) is 2.68. The first-order chi connectivity index (χ1) is 14.1. The monoisotopic (exact) mass is 400 g/mol. The Morgan fingerprint density at radius 1 is 0.750 bits per heavy atom. The molecule has 166 valence electrons. The van der Waals surface area contributed by atoms with Gasteiger partial charge in [0.2, 0.25) is 0 Å². The molecule has 0 saturated heterocycles. The van der Waals surface area contributed by atoms with E-state index in [-0.39, 0.29) is 12.8 Å². The summed E-state index contributed by atoms with van der Waals surface area (Å²) in [5.41, 5.74) is 0. The number of unbranched alkanes of at least 4 members (excludes halogenated alkanes) is 15. The second-order valence-corrected chi connectivity index (χ2v) is 7.93. The van der Waals surface area contributed by atoms with Gasteiger partial charge < -0.3 is 15.5 Å². The van der Waals surface area contributed by atoms with Crippen LogP contribution < -0.4 is 5.32 Å². The van der Waals surface area contributed by atoms with Crippen molar-refractivity contribution in [2.75, 3.05) is 6.54 Å². The van der Waals surface area contributed by atoms with Crippen LogP contribution in [0.4, 0.5) is 0 Å². The van der Waals surface area contributed by atoms with Crippen LogP contribution in [-0.2, 0) is 9.59 Å². The van der Waals surface area contributed by atoms with Gasteiger partial charge >= 0.3 is 11.9 Å². The average molecular weight is 401 g/mol. The number of carboxylic acid groups (broad SMARTS) is 2. The van der Waals surface area contributed by atoms with E-state index in [1.807, 2.05) is 0 Å². The summed E-state index contributed by atoms with van der Waals surface area (Å²) >= 11 is 0. The summed E-state index contributed by atoms with van der Waals surface area (Å²) < 4.78 is 7.11. The lowest BCUT2D eigenvalue weighted by molar-refractivity contribution is -0.140. The van der Waals surface area contributed by atoms with Crippen LogP contribution in [0.3, 0.4) is 0 Å². The number of carboxylic acids is 2. The summed E-state index contributed by atoms with van der Waals surface area (Å²) in [5, 5.41) is 20.7. The van der Waals surface area contributed by atoms with Crippen molar-refractivity contribution >= 4 is 11.9 Å². The van der Waals surface area contributed by atoms with E-state index < -0.39 is 18.0 Å². The number of nitrogens with one attached hydrogen (secondary N) is 1. The van der Waals surface area contributed by atoms with Gasteiger partial charge in [-0.15, -0.1) is 0 Å². The van der Waals surface area contributed by atoms with Gasteiger partial charge in [0.25, 0.3) is 0 Å². The molecule has 0 fully saturated rings. The fourth-order valence-electron chi connectivity index (χ4n) is 3.46. The second-order valence-electron chi connectivity index (χ2n) is 7.93. The molecule has 28 heavy (non-hydrogen) atoms. The molecule has 0 radical (unpaired) electrons. The maximum atomic E-state index is 11.1. The van der Waals surface area contributed by atoms with E-state index in [0.29, 0.717) is 13.4 Å². The minimum atomic E-state index is -0.966. The largest absolute Gasteiger partial charge is 0.481 e. The summed E-state index contributed by atoms with van der Waals surface area (Å²) in [4.78, 5) is 21.6. The lowest BCUT2D eigenvalue weighted by atomic mass is 10.0. The number of rotatable bonds is 22. The molecule has 0 aromatic heterocycles. The predicted octanol–water partition coefficient (Wildman–Crippen LogP) is 6.16. The third kappa shape index (κ3) is 19.7. The Morgan fingerprint density at radius 3 is 1.57 bits per heavy atom. The van der Waals surface area contributed by atoms with Gasteiger partial charge in [-0.25, -0.2) is 0 Å². The predicted molar refractivity (Wildman–Crippen MR) is 116 cm³/mol. The molecule has 5 heteroatoms. The zero-order valence-corrected chi connectivity index (χ0v) is 17.9. The van der Waals surface area contributed by atoms with Crippen molar-refractivity contribution in [1.29, 1.82) is 0 Å². The lowest BCUT2D eigenvalue weighted by Gasteiger charge is -2.13. The van der Waals surface area contributed by atoms with E-state index in [4.69, 9.17) is 11.6 Å². The van der Waals surface area contributed by atoms with Crippen LogP contribution in [0, 0.1) is 0 Å². The highest BCUT2D eigenvalue weighted by Crippen LogP contribution is 2.13. The third-order valence-corrected chi connectivity index (χ3v) is 5.26. The summed E-state index contributed by atoms with van der Waals surface area (Å²) in [7, 11) is 0. The van der Waals surface area contributed by atoms with Crippen molar-refractivity contribution in [3.05, 3.63) is 0 Å². The van der Waals surface area contributed by atoms with Gasteiger partial charge in [0.05, 0.1) is 0 Å². The highest BCUT2D eigenvalue weighted by Gasteiger charge is 2.17. The molecule has 0 aromatic rings. The summed E-state index contributed by atoms with van der Waals surface area (Å²) in [5.74, 6) is -1.92. The molecule has 0 aliphatic heterocycles. The van der Waals surface area contributed by atoms with E-state index in [0.717, 1.165) is 19.3 Å². The highest BCUT2D eigenvalue weighted by molar-refractivity contribution is 5.75. The Morgan fingerprint density at radius 2 is 1.18 bits per heavy atom. The van der Waals surface area contributed by atoms with Crippen molar-refractivity contribution in [2.24, 2.45) is 0 Å². The lowest BCUT2D eigenvalue weighted by Crippen LogP contribution is -2.37. The molecular formula is C23H45NO4. The molecule has 1 atom stereocenters. The molecule has 0 saturated carbocycles. The van der Waals surface area contributed by atoms with Crippen molar-refractivity contribution in [1.82, 2.24) is 5.32 Å². The van der Waals surface area contributed by atoms with Crippen LogP contribution in [0.1, 0.15) is 124 Å². The first kappa shape index (κ1) is 24.9. The maximum absolute atomic E-state index is 11.1. The van der Waals surface area contributed by atoms with Crippen molar-refractivity contribution < 1.29 is 21.2 Å². The molecule has 0 heterocycles. The van der Waals surface area contributed by atoms with E-state index >= 15 is 0 Å². The van der Waals surface area contributed by atoms with Gasteiger partial charge in [-0.05, 0) is 19.4 Å². The Kier molecular flexibility index (Phi) is 18.4. The van der Waals surface area contributed by atoms with Crippen LogP contribution in [0.2, 0.25) is 0 Å². The van der Waals surface area contributed by atoms with E-state index in [9.17, 15) is 9.59 Å². The molecule has 0 aliphatic carbocycles. The molecule has 0 aliphatic rings. The number of hydrogen-bond donors (Lipinski definition) is 3. The third-order valence-electron chi connectivity index (χ3n) is 5.26. The Balaban J connectivity index is 3.27. The van der Waals surface area contributed by atoms with Crippen molar-refractivity contribution in [3.8, 4) is 0 Å². The molecule has 0 amide bonds. The van der Waals surface area contributed by atoms with Crippen molar-refractivity contribution in [3.63, 3.8) is 0 Å². The fraction of sp³-hybridized carbons (Fsp3) is 0.913. The fourth-order valence-corrected chi connectivity index (χ4v) is 3.46. The number of carbonyl (C=O) groups is 2. The van der Waals surface area contributed by atoms with Gasteiger partial charge in [0.1, 0.15) is 6.04 Å². The minimum Gasteiger partial charge on any atom is -0.481 e. The molecular weight excluding hydrogens is 354 g/mol. The molecule has 0 spiro atoms. The molecule has 3 N–H and O–H groups in total. The molecule has 0 aromatic carbocycles. The topological polar surface area (TPSA) is 86.6 Å². The van der Waals surface area contributed by atoms with E-state index in [2.05, 4.69) is 5.32 Å². The smallest absolute Gasteiger partial charge is 0.320 e. The minimum absolute atomic E-state index is 0.114. The molecule has 0 rings (SSSR count). The summed E-state index contributed by atoms with van der Waals surface area (Å²) in [6, 6.07) is -0.750. The summed E-state index contributed by atoms with van der Waals surface area (Å²) in [6.07, 6.45) is 20.2. The van der Waals surface area contributed by atoms with Crippen molar-refractivity contribution in [2.45, 2.75) is 129 Å². The first-order valence-electron chi connectivity index (χ1n) is 12.3. The Bertz CT molecular complexity index is 393. The van der Waals surface area contributed by atoms with E-state index in [1.54, 1.807) is 0 Å². The van der Waals surface area contributed by atoms with Gasteiger partial charge in [-0.1, -0.05) is 103 Å². The Hall–Kier alpha value is -1.10. The maximum Gasteiger partial charge on any atom is 0.320 e. The SMILES string of the molecule is [2H]CCCCCCCCCCCCCCCCCCN[C@@H](CCC(=O)O)C(=O)O. The molecule has 5 nitrogen and oxygen atoms in total. The highest BCUT2D eigenvalue weighted by atomic mass is 16.4. The molecule has 0 unspecified atom stereocenters. The van der Waals surface area contributed by atoms with Gasteiger partial charge in [0, 0.05) is 7.79 Å².